The smallest absolute Gasteiger partial charge is 0.246 e. The fourth-order valence-corrected chi connectivity index (χ4v) is 1.85. The van der Waals surface area contributed by atoms with Gasteiger partial charge in [0, 0.05) is 0 Å². The van der Waals surface area contributed by atoms with Crippen LogP contribution in [0.5, 0.6) is 0 Å². The minimum atomic E-state index is -0.544. The van der Waals surface area contributed by atoms with Crippen LogP contribution in [0.2, 0.25) is 0 Å². The number of oxime groups is 1. The zero-order valence-corrected chi connectivity index (χ0v) is 8.93. The van der Waals surface area contributed by atoms with Crippen LogP contribution < -0.4 is 0 Å². The maximum absolute atomic E-state index is 11.5. The number of nitrogens with zero attached hydrogens (tertiary/aromatic N) is 1. The van der Waals surface area contributed by atoms with Crippen molar-refractivity contribution in [2.24, 2.45) is 5.16 Å². The minimum Gasteiger partial charge on any atom is -0.468 e. The quantitative estimate of drug-likeness (QED) is 0.612. The Hall–Kier alpha value is -2.04. The van der Waals surface area contributed by atoms with Gasteiger partial charge in [-0.2, -0.15) is 0 Å². The van der Waals surface area contributed by atoms with E-state index in [1.807, 2.05) is 0 Å². The Bertz CT molecular complexity index is 470. The van der Waals surface area contributed by atoms with Crippen molar-refractivity contribution >= 4 is 11.7 Å². The molecule has 16 heavy (non-hydrogen) atoms. The molecule has 1 aromatic rings. The van der Waals surface area contributed by atoms with E-state index in [4.69, 9.17) is 14.4 Å². The molecule has 0 saturated carbocycles. The summed E-state index contributed by atoms with van der Waals surface area (Å²) >= 11 is 0. The third-order valence-electron chi connectivity index (χ3n) is 2.48. The SMILES string of the molecule is CC(=O)C1=C(C)O/C(=N\O)C1c1ccco1. The Morgan fingerprint density at radius 2 is 2.31 bits per heavy atom. The van der Waals surface area contributed by atoms with Gasteiger partial charge in [0.2, 0.25) is 5.90 Å². The molecule has 2 rings (SSSR count). The van der Waals surface area contributed by atoms with Crippen molar-refractivity contribution in [3.8, 4) is 0 Å². The third kappa shape index (κ3) is 1.50. The van der Waals surface area contributed by atoms with Gasteiger partial charge in [0.1, 0.15) is 17.4 Å². The average Bonchev–Trinajstić information content (AvgIpc) is 2.82. The molecule has 2 heterocycles. The molecule has 1 atom stereocenters. The van der Waals surface area contributed by atoms with Gasteiger partial charge in [0.15, 0.2) is 5.78 Å². The Balaban J connectivity index is 2.50. The van der Waals surface area contributed by atoms with Gasteiger partial charge in [-0.1, -0.05) is 5.16 Å². The van der Waals surface area contributed by atoms with E-state index in [0.29, 0.717) is 17.1 Å². The summed E-state index contributed by atoms with van der Waals surface area (Å²) in [5.74, 6) is 0.365. The van der Waals surface area contributed by atoms with Crippen LogP contribution in [0.4, 0.5) is 0 Å². The monoisotopic (exact) mass is 221 g/mol. The molecule has 0 aliphatic carbocycles. The van der Waals surface area contributed by atoms with E-state index in [-0.39, 0.29) is 11.7 Å². The summed E-state index contributed by atoms with van der Waals surface area (Å²) in [7, 11) is 0. The van der Waals surface area contributed by atoms with Crippen LogP contribution in [0.15, 0.2) is 39.3 Å². The Morgan fingerprint density at radius 3 is 2.81 bits per heavy atom. The van der Waals surface area contributed by atoms with Gasteiger partial charge in [-0.05, 0) is 26.0 Å². The molecule has 5 nitrogen and oxygen atoms in total. The molecule has 0 spiro atoms. The average molecular weight is 221 g/mol. The fourth-order valence-electron chi connectivity index (χ4n) is 1.85. The van der Waals surface area contributed by atoms with Crippen LogP contribution in [-0.4, -0.2) is 16.9 Å². The van der Waals surface area contributed by atoms with Gasteiger partial charge < -0.3 is 14.4 Å². The standard InChI is InChI=1S/C11H11NO4/c1-6(13)9-7(2)16-11(12-14)10(9)8-4-3-5-15-8/h3-5,10,14H,1-2H3/b12-11-. The van der Waals surface area contributed by atoms with E-state index in [9.17, 15) is 4.79 Å². The molecule has 0 radical (unpaired) electrons. The summed E-state index contributed by atoms with van der Waals surface area (Å²) in [5.41, 5.74) is 0.461. The molecule has 1 aromatic heterocycles. The summed E-state index contributed by atoms with van der Waals surface area (Å²) in [4.78, 5) is 11.5. The van der Waals surface area contributed by atoms with E-state index in [1.165, 1.54) is 13.2 Å². The van der Waals surface area contributed by atoms with Crippen LogP contribution in [0.1, 0.15) is 25.5 Å². The number of Topliss-reactive ketones (excluding diaryl/α,β-unsaturated/α-hetero) is 1. The maximum Gasteiger partial charge on any atom is 0.246 e. The summed E-state index contributed by atoms with van der Waals surface area (Å²) in [6.45, 7) is 3.10. The predicted octanol–water partition coefficient (Wildman–Crippen LogP) is 2.04. The highest BCUT2D eigenvalue weighted by molar-refractivity contribution is 6.05. The first-order chi connectivity index (χ1) is 7.65. The molecular formula is C11H11NO4. The summed E-state index contributed by atoms with van der Waals surface area (Å²) < 4.78 is 10.4. The molecule has 0 amide bonds. The van der Waals surface area contributed by atoms with Crippen molar-refractivity contribution in [2.45, 2.75) is 19.8 Å². The number of carbonyl (C=O) groups is 1. The predicted molar refractivity (Wildman–Crippen MR) is 55.1 cm³/mol. The van der Waals surface area contributed by atoms with Crippen LogP contribution in [0, 0.1) is 0 Å². The molecule has 5 heteroatoms. The normalized spacial score (nSPS) is 22.6. The number of rotatable bonds is 2. The van der Waals surface area contributed by atoms with Crippen LogP contribution in [0.25, 0.3) is 0 Å². The van der Waals surface area contributed by atoms with E-state index in [0.717, 1.165) is 0 Å². The second-order valence-electron chi connectivity index (χ2n) is 3.51. The molecule has 1 aliphatic heterocycles. The van der Waals surface area contributed by atoms with Crippen molar-refractivity contribution in [2.75, 3.05) is 0 Å². The van der Waals surface area contributed by atoms with Gasteiger partial charge in [0.25, 0.3) is 0 Å². The number of hydrogen-bond acceptors (Lipinski definition) is 5. The topological polar surface area (TPSA) is 72.0 Å². The van der Waals surface area contributed by atoms with E-state index in [1.54, 1.807) is 19.1 Å². The Kier molecular flexibility index (Phi) is 2.52. The summed E-state index contributed by atoms with van der Waals surface area (Å²) in [6.07, 6.45) is 1.50. The van der Waals surface area contributed by atoms with Gasteiger partial charge in [0.05, 0.1) is 11.8 Å². The first-order valence-corrected chi connectivity index (χ1v) is 4.80. The zero-order valence-electron chi connectivity index (χ0n) is 8.93. The maximum atomic E-state index is 11.5. The fraction of sp³-hybridized carbons (Fsp3) is 0.273. The van der Waals surface area contributed by atoms with Crippen molar-refractivity contribution in [3.05, 3.63) is 35.5 Å². The lowest BCUT2D eigenvalue weighted by Crippen LogP contribution is -2.13. The number of ketones is 1. The molecule has 0 bridgehead atoms. The second kappa shape index (κ2) is 3.84. The highest BCUT2D eigenvalue weighted by atomic mass is 16.5. The summed E-state index contributed by atoms with van der Waals surface area (Å²) in [5, 5.41) is 11.9. The molecule has 0 fully saturated rings. The molecule has 1 aliphatic rings. The molecule has 0 saturated heterocycles. The van der Waals surface area contributed by atoms with Crippen molar-refractivity contribution in [1.82, 2.24) is 0 Å². The van der Waals surface area contributed by atoms with E-state index >= 15 is 0 Å². The van der Waals surface area contributed by atoms with Crippen LogP contribution in [-0.2, 0) is 9.53 Å². The highest BCUT2D eigenvalue weighted by Crippen LogP contribution is 2.36. The lowest BCUT2D eigenvalue weighted by molar-refractivity contribution is -0.113. The van der Waals surface area contributed by atoms with Crippen LogP contribution in [0.3, 0.4) is 0 Å². The first kappa shape index (κ1) is 10.5. The van der Waals surface area contributed by atoms with Gasteiger partial charge in [-0.25, -0.2) is 0 Å². The summed E-state index contributed by atoms with van der Waals surface area (Å²) in [6, 6.07) is 3.41. The van der Waals surface area contributed by atoms with Crippen molar-refractivity contribution in [3.63, 3.8) is 0 Å². The lowest BCUT2D eigenvalue weighted by Gasteiger charge is -2.07. The minimum absolute atomic E-state index is 0.0673. The van der Waals surface area contributed by atoms with Gasteiger partial charge in [-0.3, -0.25) is 4.79 Å². The van der Waals surface area contributed by atoms with Crippen molar-refractivity contribution < 1.29 is 19.2 Å². The Morgan fingerprint density at radius 1 is 1.56 bits per heavy atom. The van der Waals surface area contributed by atoms with Crippen molar-refractivity contribution in [1.29, 1.82) is 0 Å². The number of furan rings is 1. The van der Waals surface area contributed by atoms with Gasteiger partial charge in [-0.15, -0.1) is 0 Å². The largest absolute Gasteiger partial charge is 0.468 e. The molecule has 1 N–H and O–H groups in total. The lowest BCUT2D eigenvalue weighted by atomic mass is 9.94. The number of allylic oxidation sites excluding steroid dienone is 1. The highest BCUT2D eigenvalue weighted by Gasteiger charge is 2.38. The first-order valence-electron chi connectivity index (χ1n) is 4.80. The van der Waals surface area contributed by atoms with E-state index in [2.05, 4.69) is 5.16 Å². The van der Waals surface area contributed by atoms with Crippen LogP contribution >= 0.6 is 0 Å². The number of carbonyl (C=O) groups excluding carboxylic acids is 1. The Labute approximate surface area is 92.0 Å². The van der Waals surface area contributed by atoms with Gasteiger partial charge >= 0.3 is 0 Å². The van der Waals surface area contributed by atoms with E-state index < -0.39 is 5.92 Å². The zero-order chi connectivity index (χ0) is 11.7. The molecular weight excluding hydrogens is 210 g/mol. The molecule has 0 aromatic carbocycles. The molecule has 84 valence electrons. The second-order valence-corrected chi connectivity index (χ2v) is 3.51. The third-order valence-corrected chi connectivity index (χ3v) is 2.48. The molecule has 1 unspecified atom stereocenters. The number of ether oxygens (including phenoxy) is 1. The number of hydrogen-bond donors (Lipinski definition) is 1.